The number of benzene rings is 2. The second-order valence-corrected chi connectivity index (χ2v) is 7.94. The molecule has 13 nitrogen and oxygen atoms in total. The van der Waals surface area contributed by atoms with Gasteiger partial charge in [0.15, 0.2) is 5.71 Å². The van der Waals surface area contributed by atoms with Crippen molar-refractivity contribution in [3.8, 4) is 0 Å². The molecule has 1 aliphatic heterocycles. The van der Waals surface area contributed by atoms with Gasteiger partial charge in [0.1, 0.15) is 0 Å². The molecule has 0 bridgehead atoms. The molecule has 0 fully saturated rings. The molecule has 3 rings (SSSR count). The van der Waals surface area contributed by atoms with Crippen LogP contribution in [0.1, 0.15) is 0 Å². The largest absolute Gasteiger partial charge is 0.477 e. The van der Waals surface area contributed by atoms with E-state index in [0.717, 1.165) is 29.2 Å². The van der Waals surface area contributed by atoms with Gasteiger partial charge >= 0.3 is 5.97 Å². The van der Waals surface area contributed by atoms with Gasteiger partial charge < -0.3 is 5.11 Å². The summed E-state index contributed by atoms with van der Waals surface area (Å²) in [4.78, 5) is 24.3. The van der Waals surface area contributed by atoms with Crippen molar-refractivity contribution in [1.82, 2.24) is 0 Å². The van der Waals surface area contributed by atoms with Gasteiger partial charge in [-0.3, -0.25) is 9.35 Å². The van der Waals surface area contributed by atoms with Crippen molar-refractivity contribution >= 4 is 51.1 Å². The first-order valence-electron chi connectivity index (χ1n) is 8.09. The Labute approximate surface area is 178 Å². The van der Waals surface area contributed by atoms with Crippen LogP contribution in [0.25, 0.3) is 0 Å². The third kappa shape index (κ3) is 5.29. The summed E-state index contributed by atoms with van der Waals surface area (Å²) in [7, 11) is -4.43. The van der Waals surface area contributed by atoms with Crippen molar-refractivity contribution in [2.75, 3.05) is 5.01 Å². The van der Waals surface area contributed by atoms with Crippen LogP contribution in [0.4, 0.5) is 11.4 Å². The maximum atomic E-state index is 12.7. The molecule has 1 amide bonds. The van der Waals surface area contributed by atoms with E-state index in [9.17, 15) is 23.1 Å². The molecular formula is C16H12N4O9S2. The van der Waals surface area contributed by atoms with Crippen LogP contribution in [-0.4, -0.2) is 47.0 Å². The number of hydrogen-bond acceptors (Lipinski definition) is 11. The molecule has 0 radical (unpaired) electrons. The van der Waals surface area contributed by atoms with E-state index in [0.29, 0.717) is 10.6 Å². The molecule has 1 atom stereocenters. The van der Waals surface area contributed by atoms with Crippen LogP contribution in [0.15, 0.2) is 73.7 Å². The van der Waals surface area contributed by atoms with E-state index in [1.807, 2.05) is 0 Å². The molecule has 31 heavy (non-hydrogen) atoms. The summed E-state index contributed by atoms with van der Waals surface area (Å²) in [6.45, 7) is 0. The molecule has 1 heterocycles. The molecule has 2 aromatic carbocycles. The molecule has 15 heteroatoms. The minimum Gasteiger partial charge on any atom is -0.477 e. The van der Waals surface area contributed by atoms with Crippen LogP contribution in [0.2, 0.25) is 0 Å². The Morgan fingerprint density at radius 3 is 2.32 bits per heavy atom. The van der Waals surface area contributed by atoms with E-state index in [2.05, 4.69) is 24.7 Å². The first-order valence-corrected chi connectivity index (χ1v) is 10.3. The van der Waals surface area contributed by atoms with E-state index in [-0.39, 0.29) is 5.69 Å². The van der Waals surface area contributed by atoms with Crippen LogP contribution < -0.4 is 5.01 Å². The van der Waals surface area contributed by atoms with Gasteiger partial charge in [-0.25, -0.2) is 10.1 Å². The highest BCUT2D eigenvalue weighted by Crippen LogP contribution is 2.26. The summed E-state index contributed by atoms with van der Waals surface area (Å²) in [6, 6.07) is 8.98. The zero-order valence-electron chi connectivity index (χ0n) is 15.1. The lowest BCUT2D eigenvalue weighted by Crippen LogP contribution is -2.33. The monoisotopic (exact) mass is 468 g/mol. The zero-order valence-corrected chi connectivity index (χ0v) is 16.7. The number of carboxylic acids is 1. The molecular weight excluding hydrogens is 456 g/mol. The lowest BCUT2D eigenvalue weighted by molar-refractivity contribution is -0.432. The van der Waals surface area contributed by atoms with Crippen LogP contribution >= 0.6 is 12.0 Å². The lowest BCUT2D eigenvalue weighted by Gasteiger charge is -2.12. The third-order valence-corrected chi connectivity index (χ3v) is 5.26. The third-order valence-electron chi connectivity index (χ3n) is 3.79. The SMILES string of the molecule is O=C(O)C1=NN(c2ccc(S(=O)(=O)O)cc2)C(=O)C1/N=N/c1ccc(SOOO)cc1. The quantitative estimate of drug-likeness (QED) is 0.170. The van der Waals surface area contributed by atoms with Crippen LogP contribution in [-0.2, 0) is 29.1 Å². The summed E-state index contributed by atoms with van der Waals surface area (Å²) in [5, 5.41) is 33.1. The summed E-state index contributed by atoms with van der Waals surface area (Å²) in [5.74, 6) is -2.30. The Morgan fingerprint density at radius 2 is 1.77 bits per heavy atom. The second kappa shape index (κ2) is 9.29. The zero-order chi connectivity index (χ0) is 22.6. The molecule has 0 saturated heterocycles. The number of carbonyl (C=O) groups is 2. The fourth-order valence-corrected chi connectivity index (χ4v) is 3.24. The molecule has 0 spiro atoms. The predicted molar refractivity (Wildman–Crippen MR) is 104 cm³/mol. The number of azo groups is 1. The van der Waals surface area contributed by atoms with Gasteiger partial charge in [0, 0.05) is 4.90 Å². The number of nitrogens with zero attached hydrogens (tertiary/aromatic N) is 4. The lowest BCUT2D eigenvalue weighted by atomic mass is 10.2. The predicted octanol–water partition coefficient (Wildman–Crippen LogP) is 2.30. The number of carbonyl (C=O) groups excluding carboxylic acids is 1. The Hall–Kier alpha value is -3.21. The molecule has 0 saturated carbocycles. The normalized spacial score (nSPS) is 16.7. The number of carboxylic acid groups (broad SMARTS) is 1. The molecule has 162 valence electrons. The van der Waals surface area contributed by atoms with Crippen molar-refractivity contribution < 1.29 is 42.3 Å². The highest BCUT2D eigenvalue weighted by molar-refractivity contribution is 7.94. The maximum absolute atomic E-state index is 12.7. The second-order valence-electron chi connectivity index (χ2n) is 5.75. The summed E-state index contributed by atoms with van der Waals surface area (Å²) >= 11 is 0.722. The summed E-state index contributed by atoms with van der Waals surface area (Å²) in [6.07, 6.45) is 0. The van der Waals surface area contributed by atoms with Crippen molar-refractivity contribution in [2.45, 2.75) is 15.8 Å². The number of hydrogen-bond donors (Lipinski definition) is 3. The number of anilines is 1. The molecule has 3 N–H and O–H groups in total. The maximum Gasteiger partial charge on any atom is 0.355 e. The topological polar surface area (TPSA) is 188 Å². The van der Waals surface area contributed by atoms with Gasteiger partial charge in [0.05, 0.1) is 28.3 Å². The fraction of sp³-hybridized carbons (Fsp3) is 0.0625. The minimum atomic E-state index is -4.43. The van der Waals surface area contributed by atoms with Crippen molar-refractivity contribution in [3.05, 3.63) is 48.5 Å². The summed E-state index contributed by atoms with van der Waals surface area (Å²) in [5.41, 5.74) is -0.211. The Bertz CT molecular complexity index is 1150. The highest BCUT2D eigenvalue weighted by atomic mass is 32.2. The van der Waals surface area contributed by atoms with Gasteiger partial charge in [0.25, 0.3) is 16.0 Å². The van der Waals surface area contributed by atoms with Gasteiger partial charge in [-0.2, -0.15) is 28.8 Å². The number of aliphatic carboxylic acids is 1. The molecule has 0 aromatic heterocycles. The molecule has 1 unspecified atom stereocenters. The first kappa shape index (κ1) is 22.5. The Balaban J connectivity index is 1.81. The molecule has 1 aliphatic rings. The minimum absolute atomic E-state index is 0.0707. The van der Waals surface area contributed by atoms with E-state index < -0.39 is 38.6 Å². The van der Waals surface area contributed by atoms with Gasteiger partial charge in [-0.15, -0.1) is 4.33 Å². The Morgan fingerprint density at radius 1 is 1.13 bits per heavy atom. The van der Waals surface area contributed by atoms with Crippen molar-refractivity contribution in [2.24, 2.45) is 15.3 Å². The van der Waals surface area contributed by atoms with E-state index in [1.54, 1.807) is 12.1 Å². The van der Waals surface area contributed by atoms with E-state index in [1.165, 1.54) is 24.3 Å². The average Bonchev–Trinajstić information content (AvgIpc) is 3.07. The number of amides is 1. The molecule has 0 aliphatic carbocycles. The average molecular weight is 468 g/mol. The van der Waals surface area contributed by atoms with Gasteiger partial charge in [-0.05, 0) is 48.5 Å². The van der Waals surface area contributed by atoms with Crippen molar-refractivity contribution in [3.63, 3.8) is 0 Å². The van der Waals surface area contributed by atoms with Gasteiger partial charge in [0.2, 0.25) is 6.04 Å². The van der Waals surface area contributed by atoms with Gasteiger partial charge in [-0.1, -0.05) is 5.04 Å². The van der Waals surface area contributed by atoms with Crippen molar-refractivity contribution in [1.29, 1.82) is 0 Å². The van der Waals surface area contributed by atoms with E-state index in [4.69, 9.17) is 9.81 Å². The first-order chi connectivity index (χ1) is 14.7. The summed E-state index contributed by atoms with van der Waals surface area (Å²) < 4.78 is 35.6. The van der Waals surface area contributed by atoms with Crippen LogP contribution in [0, 0.1) is 0 Å². The highest BCUT2D eigenvalue weighted by Gasteiger charge is 2.41. The fourth-order valence-electron chi connectivity index (χ4n) is 2.40. The number of rotatable bonds is 8. The number of hydrazone groups is 1. The van der Waals surface area contributed by atoms with E-state index >= 15 is 0 Å². The smallest absolute Gasteiger partial charge is 0.355 e. The standard InChI is InChI=1S/C16H12N4O9S2/c21-15-13(18-17-9-1-5-11(6-2-9)30-29-28-24)14(16(22)23)19-20(15)10-3-7-12(8-4-10)31(25,26)27/h1-8,13,24H,(H,22,23)(H,25,26,27)/b18-17+. The Kier molecular flexibility index (Phi) is 6.74. The van der Waals surface area contributed by atoms with Crippen LogP contribution in [0.5, 0.6) is 0 Å². The molecule has 2 aromatic rings. The van der Waals surface area contributed by atoms with Crippen LogP contribution in [0.3, 0.4) is 0 Å².